The fourth-order valence-electron chi connectivity index (χ4n) is 4.49. The fourth-order valence-corrected chi connectivity index (χ4v) is 4.49. The van der Waals surface area contributed by atoms with E-state index >= 15 is 0 Å². The Morgan fingerprint density at radius 2 is 1.80 bits per heavy atom. The third-order valence-electron chi connectivity index (χ3n) is 6.19. The van der Waals surface area contributed by atoms with Crippen molar-refractivity contribution < 1.29 is 18.7 Å². The van der Waals surface area contributed by atoms with Crippen molar-refractivity contribution in [3.8, 4) is 0 Å². The molecule has 3 unspecified atom stereocenters. The molecule has 2 saturated heterocycles. The van der Waals surface area contributed by atoms with Crippen molar-refractivity contribution in [2.45, 2.75) is 58.3 Å². The second-order valence-corrected chi connectivity index (χ2v) is 8.62. The highest BCUT2D eigenvalue weighted by atomic mass is 19.1. The molecule has 3 rings (SSSR count). The van der Waals surface area contributed by atoms with Gasteiger partial charge in [0.05, 0.1) is 18.2 Å². The van der Waals surface area contributed by atoms with Gasteiger partial charge in [0.25, 0.3) is 0 Å². The van der Waals surface area contributed by atoms with Gasteiger partial charge in [-0.2, -0.15) is 0 Å². The van der Waals surface area contributed by atoms with Crippen LogP contribution in [0.2, 0.25) is 0 Å². The average Bonchev–Trinajstić information content (AvgIpc) is 2.73. The van der Waals surface area contributed by atoms with Gasteiger partial charge in [0, 0.05) is 25.6 Å². The molecule has 6 nitrogen and oxygen atoms in total. The number of nitrogens with zero attached hydrogens (tertiary/aromatic N) is 2. The van der Waals surface area contributed by atoms with Crippen LogP contribution in [-0.4, -0.2) is 72.6 Å². The van der Waals surface area contributed by atoms with Crippen molar-refractivity contribution >= 4 is 11.8 Å². The molecule has 0 aliphatic carbocycles. The van der Waals surface area contributed by atoms with Crippen molar-refractivity contribution in [3.05, 3.63) is 35.6 Å². The number of halogens is 1. The van der Waals surface area contributed by atoms with Crippen molar-refractivity contribution in [2.75, 3.05) is 32.7 Å². The molecule has 2 fully saturated rings. The van der Waals surface area contributed by atoms with E-state index in [1.54, 1.807) is 18.2 Å². The van der Waals surface area contributed by atoms with Gasteiger partial charge in [0.15, 0.2) is 0 Å². The van der Waals surface area contributed by atoms with Crippen molar-refractivity contribution in [3.63, 3.8) is 0 Å². The van der Waals surface area contributed by atoms with Gasteiger partial charge in [-0.1, -0.05) is 18.2 Å². The Bertz CT molecular complexity index is 726. The summed E-state index contributed by atoms with van der Waals surface area (Å²) in [4.78, 5) is 29.5. The van der Waals surface area contributed by atoms with Crippen LogP contribution in [0.3, 0.4) is 0 Å². The van der Waals surface area contributed by atoms with Crippen LogP contribution in [0.15, 0.2) is 24.3 Å². The van der Waals surface area contributed by atoms with Gasteiger partial charge in [0.1, 0.15) is 5.82 Å². The summed E-state index contributed by atoms with van der Waals surface area (Å²) in [5, 5.41) is 2.94. The van der Waals surface area contributed by atoms with Gasteiger partial charge in [-0.25, -0.2) is 4.39 Å². The summed E-state index contributed by atoms with van der Waals surface area (Å²) >= 11 is 0. The monoisotopic (exact) mass is 419 g/mol. The quantitative estimate of drug-likeness (QED) is 0.768. The molecule has 1 aromatic carbocycles. The van der Waals surface area contributed by atoms with Gasteiger partial charge in [-0.05, 0) is 64.8 Å². The van der Waals surface area contributed by atoms with Gasteiger partial charge in [-0.3, -0.25) is 14.5 Å². The Morgan fingerprint density at radius 1 is 1.17 bits per heavy atom. The maximum Gasteiger partial charge on any atom is 0.239 e. The van der Waals surface area contributed by atoms with Crippen LogP contribution in [0.5, 0.6) is 0 Å². The minimum atomic E-state index is -0.234. The van der Waals surface area contributed by atoms with Crippen molar-refractivity contribution in [2.24, 2.45) is 5.92 Å². The van der Waals surface area contributed by atoms with E-state index in [1.165, 1.54) is 6.07 Å². The van der Waals surface area contributed by atoms with Crippen LogP contribution in [0.1, 0.15) is 39.2 Å². The molecular formula is C23H34FN3O3. The Balaban J connectivity index is 1.42. The molecule has 0 radical (unpaired) electrons. The summed E-state index contributed by atoms with van der Waals surface area (Å²) in [6, 6.07) is 6.46. The third kappa shape index (κ3) is 5.79. The number of hydrogen-bond acceptors (Lipinski definition) is 4. The van der Waals surface area contributed by atoms with E-state index in [0.717, 1.165) is 25.9 Å². The van der Waals surface area contributed by atoms with Crippen molar-refractivity contribution in [1.82, 2.24) is 15.1 Å². The predicted molar refractivity (Wildman–Crippen MR) is 113 cm³/mol. The fraction of sp³-hybridized carbons (Fsp3) is 0.652. The average molecular weight is 420 g/mol. The number of nitrogens with one attached hydrogen (secondary N) is 1. The van der Waals surface area contributed by atoms with E-state index in [1.807, 2.05) is 25.7 Å². The topological polar surface area (TPSA) is 61.9 Å². The molecule has 1 aromatic rings. The molecule has 2 heterocycles. The second kappa shape index (κ2) is 10.4. The minimum Gasteiger partial charge on any atom is -0.372 e. The Kier molecular flexibility index (Phi) is 7.83. The largest absolute Gasteiger partial charge is 0.372 e. The molecule has 3 atom stereocenters. The Morgan fingerprint density at radius 3 is 2.43 bits per heavy atom. The summed E-state index contributed by atoms with van der Waals surface area (Å²) in [6.45, 7) is 9.11. The predicted octanol–water partition coefficient (Wildman–Crippen LogP) is 2.22. The zero-order chi connectivity index (χ0) is 21.7. The highest BCUT2D eigenvalue weighted by molar-refractivity contribution is 5.82. The molecular weight excluding hydrogens is 385 g/mol. The van der Waals surface area contributed by atoms with Crippen LogP contribution in [0.25, 0.3) is 0 Å². The van der Waals surface area contributed by atoms with E-state index < -0.39 is 0 Å². The molecule has 7 heteroatoms. The molecule has 1 N–H and O–H groups in total. The molecule has 0 spiro atoms. The van der Waals surface area contributed by atoms with Gasteiger partial charge < -0.3 is 15.0 Å². The highest BCUT2D eigenvalue weighted by Gasteiger charge is 2.34. The van der Waals surface area contributed by atoms with Crippen LogP contribution < -0.4 is 5.32 Å². The highest BCUT2D eigenvalue weighted by Crippen LogP contribution is 2.21. The lowest BCUT2D eigenvalue weighted by molar-refractivity contribution is -0.148. The first-order valence-corrected chi connectivity index (χ1v) is 11.0. The number of ether oxygens (including phenoxy) is 1. The third-order valence-corrected chi connectivity index (χ3v) is 6.19. The molecule has 2 aliphatic heterocycles. The summed E-state index contributed by atoms with van der Waals surface area (Å²) < 4.78 is 19.4. The summed E-state index contributed by atoms with van der Waals surface area (Å²) in [6.07, 6.45) is 2.07. The van der Waals surface area contributed by atoms with E-state index in [9.17, 15) is 14.0 Å². The standard InChI is InChI=1S/C23H34FN3O3/c1-16-14-27(15-17(2)30-16)23(29)18(3)26-12-9-20(10-13-26)22(28)25-11-8-19-6-4-5-7-21(19)24/h4-7,16-18,20H,8-15H2,1-3H3,(H,25,28). The summed E-state index contributed by atoms with van der Waals surface area (Å²) in [5.41, 5.74) is 0.617. The summed E-state index contributed by atoms with van der Waals surface area (Å²) in [5.74, 6) is -0.110. The number of amides is 2. The zero-order valence-electron chi connectivity index (χ0n) is 18.3. The lowest BCUT2D eigenvalue weighted by Crippen LogP contribution is -2.55. The second-order valence-electron chi connectivity index (χ2n) is 8.62. The van der Waals surface area contributed by atoms with E-state index in [-0.39, 0.29) is 41.8 Å². The first kappa shape index (κ1) is 22.7. The van der Waals surface area contributed by atoms with Crippen LogP contribution in [0, 0.1) is 11.7 Å². The van der Waals surface area contributed by atoms with Gasteiger partial charge in [-0.15, -0.1) is 0 Å². The van der Waals surface area contributed by atoms with E-state index in [0.29, 0.717) is 31.6 Å². The normalized spacial score (nSPS) is 24.5. The Labute approximate surface area is 178 Å². The molecule has 0 aromatic heterocycles. The maximum atomic E-state index is 13.7. The first-order chi connectivity index (χ1) is 14.3. The van der Waals surface area contributed by atoms with Crippen LogP contribution >= 0.6 is 0 Å². The lowest BCUT2D eigenvalue weighted by Gasteiger charge is -2.40. The SMILES string of the molecule is CC1CN(C(=O)C(C)N2CCC(C(=O)NCCc3ccccc3F)CC2)CC(C)O1. The number of piperidine rings is 1. The van der Waals surface area contributed by atoms with E-state index in [2.05, 4.69) is 10.2 Å². The number of carbonyl (C=O) groups excluding carboxylic acids is 2. The van der Waals surface area contributed by atoms with E-state index in [4.69, 9.17) is 4.74 Å². The first-order valence-electron chi connectivity index (χ1n) is 11.0. The molecule has 30 heavy (non-hydrogen) atoms. The number of rotatable bonds is 6. The molecule has 0 bridgehead atoms. The van der Waals surface area contributed by atoms with Gasteiger partial charge >= 0.3 is 0 Å². The van der Waals surface area contributed by atoms with Crippen molar-refractivity contribution in [1.29, 1.82) is 0 Å². The van der Waals surface area contributed by atoms with Gasteiger partial charge in [0.2, 0.25) is 11.8 Å². The smallest absolute Gasteiger partial charge is 0.239 e. The molecule has 0 saturated carbocycles. The summed E-state index contributed by atoms with van der Waals surface area (Å²) in [7, 11) is 0. The van der Waals surface area contributed by atoms with Crippen LogP contribution in [0.4, 0.5) is 4.39 Å². The maximum absolute atomic E-state index is 13.7. The number of benzene rings is 1. The number of morpholine rings is 1. The molecule has 2 amide bonds. The zero-order valence-corrected chi connectivity index (χ0v) is 18.3. The number of hydrogen-bond donors (Lipinski definition) is 1. The van der Waals surface area contributed by atoms with Crippen LogP contribution in [-0.2, 0) is 20.7 Å². The molecule has 166 valence electrons. The number of likely N-dealkylation sites (tertiary alicyclic amines) is 1. The molecule has 2 aliphatic rings. The lowest BCUT2D eigenvalue weighted by atomic mass is 9.94. The Hall–Kier alpha value is -1.99. The number of carbonyl (C=O) groups is 2. The minimum absolute atomic E-state index is 0.0285.